The van der Waals surface area contributed by atoms with E-state index in [4.69, 9.17) is 29.6 Å². The molecule has 284 valence electrons. The van der Waals surface area contributed by atoms with Gasteiger partial charge in [-0.05, 0) is 12.1 Å². The molecule has 23 heteroatoms. The van der Waals surface area contributed by atoms with E-state index < -0.39 is 100 Å². The molecule has 3 unspecified atom stereocenters. The second kappa shape index (κ2) is 15.5. The fourth-order valence-corrected chi connectivity index (χ4v) is 7.04. The number of nitrogens with zero attached hydrogens (tertiary/aromatic N) is 7. The summed E-state index contributed by atoms with van der Waals surface area (Å²) in [4.78, 5) is 47.0. The van der Waals surface area contributed by atoms with Crippen LogP contribution >= 0.6 is 7.82 Å². The van der Waals surface area contributed by atoms with E-state index >= 15 is 8.78 Å². The summed E-state index contributed by atoms with van der Waals surface area (Å²) >= 11 is 0. The van der Waals surface area contributed by atoms with Gasteiger partial charge in [-0.2, -0.15) is 0 Å². The Hall–Kier alpha value is -4.85. The van der Waals surface area contributed by atoms with Crippen molar-refractivity contribution in [1.29, 1.82) is 0 Å². The molecule has 2 aliphatic rings. The number of hydrogen-bond donors (Lipinski definition) is 4. The Morgan fingerprint density at radius 2 is 1.83 bits per heavy atom. The molecule has 1 aromatic carbocycles. The molecular weight excluding hydrogens is 741 g/mol. The van der Waals surface area contributed by atoms with E-state index in [-0.39, 0.29) is 35.8 Å². The third kappa shape index (κ3) is 7.08. The standard InChI is InChI=1S/C31H32BF3N9O9P/c1-36-7-8-49-54(32,53-24-17(10-45)51-31(21(24)35)43-9-16(33)19-26(43)38-13-40-29(19)48)50-11-18-23(46)20(34)30(52-18)44-14-41-22-25(37-12-39-27(22)44)42-28(47)15-5-3-2-4-6-15/h2-6,9,12-14,17-18,20-21,23-24,30-31,45-46H,7-8,10-11H2,32H3,(H,38,40,48)(H,37,39,42,47)/t17-,18-,20+,21+,23?,24?,30-,31-,54?/m1/s1. The topological polar surface area (TPSA) is 214 Å². The number of imidazole rings is 1. The van der Waals surface area contributed by atoms with Crippen LogP contribution < -0.4 is 10.9 Å². The summed E-state index contributed by atoms with van der Waals surface area (Å²) in [5.74, 6) is -1.36. The smallest absolute Gasteiger partial charge is 0.263 e. The average Bonchev–Trinajstić information content (AvgIpc) is 3.91. The van der Waals surface area contributed by atoms with Crippen molar-refractivity contribution in [1.82, 2.24) is 34.1 Å². The van der Waals surface area contributed by atoms with Gasteiger partial charge in [0.1, 0.15) is 36.6 Å². The summed E-state index contributed by atoms with van der Waals surface area (Å²) in [7, 11) is -4.61. The number of nitrogens with one attached hydrogen (secondary N) is 2. The number of ether oxygens (including phenoxy) is 2. The molecule has 7 rings (SSSR count). The summed E-state index contributed by atoms with van der Waals surface area (Å²) in [6.07, 6.45) is -8.66. The van der Waals surface area contributed by atoms with Crippen molar-refractivity contribution in [3.63, 3.8) is 0 Å². The van der Waals surface area contributed by atoms with Crippen molar-refractivity contribution in [3.8, 4) is 0 Å². The molecule has 5 aromatic rings. The number of halogens is 3. The number of aromatic amines is 1. The highest BCUT2D eigenvalue weighted by Gasteiger charge is 2.54. The number of carbonyl (C=O) groups is 1. The minimum atomic E-state index is -3.44. The molecule has 18 nitrogen and oxygen atoms in total. The maximum absolute atomic E-state index is 16.2. The maximum Gasteiger partial charge on any atom is 0.263 e. The Morgan fingerprint density at radius 3 is 2.59 bits per heavy atom. The van der Waals surface area contributed by atoms with E-state index in [9.17, 15) is 24.2 Å². The van der Waals surface area contributed by atoms with Crippen LogP contribution in [0.25, 0.3) is 27.0 Å². The molecule has 6 heterocycles. The van der Waals surface area contributed by atoms with Crippen LogP contribution in [0, 0.1) is 12.4 Å². The zero-order valence-electron chi connectivity index (χ0n) is 27.1. The summed E-state index contributed by atoms with van der Waals surface area (Å²) < 4.78 is 78.6. The van der Waals surface area contributed by atoms with Gasteiger partial charge in [-0.3, -0.25) is 18.7 Å². The molecule has 4 N–H and O–H groups in total. The van der Waals surface area contributed by atoms with Gasteiger partial charge in [0.15, 0.2) is 66.0 Å². The molecule has 2 aliphatic heterocycles. The monoisotopic (exact) mass is 773 g/mol. The number of aromatic nitrogens is 7. The lowest BCUT2D eigenvalue weighted by Gasteiger charge is -2.30. The third-order valence-electron chi connectivity index (χ3n) is 8.44. The Balaban J connectivity index is 1.07. The second-order valence-electron chi connectivity index (χ2n) is 11.7. The summed E-state index contributed by atoms with van der Waals surface area (Å²) in [6, 6.07) is 8.39. The first-order chi connectivity index (χ1) is 26.0. The zero-order chi connectivity index (χ0) is 38.1. The normalized spacial score (nSPS) is 26.6. The van der Waals surface area contributed by atoms with E-state index in [1.807, 2.05) is 0 Å². The van der Waals surface area contributed by atoms with Crippen molar-refractivity contribution in [3.05, 3.63) is 88.7 Å². The summed E-state index contributed by atoms with van der Waals surface area (Å²) in [5.41, 5.74) is -0.372. The fourth-order valence-electron chi connectivity index (χ4n) is 5.89. The van der Waals surface area contributed by atoms with Crippen molar-refractivity contribution in [2.24, 2.45) is 0 Å². The minimum absolute atomic E-state index is 0.0649. The molecule has 2 fully saturated rings. The molecule has 54 heavy (non-hydrogen) atoms. The van der Waals surface area contributed by atoms with Gasteiger partial charge in [0, 0.05) is 11.8 Å². The van der Waals surface area contributed by atoms with Crippen molar-refractivity contribution < 1.29 is 51.2 Å². The molecule has 9 atom stereocenters. The molecule has 0 aliphatic carbocycles. The largest absolute Gasteiger partial charge is 0.394 e. The molecule has 0 bridgehead atoms. The number of aliphatic hydroxyl groups excluding tert-OH is 2. The van der Waals surface area contributed by atoms with Gasteiger partial charge in [0.25, 0.3) is 11.5 Å². The quantitative estimate of drug-likeness (QED) is 0.0573. The lowest BCUT2D eigenvalue weighted by atomic mass is 10.1. The zero-order valence-corrected chi connectivity index (χ0v) is 28.0. The first-order valence-electron chi connectivity index (χ1n) is 15.9. The predicted octanol–water partition coefficient (Wildman–Crippen LogP) is 1.16. The predicted molar refractivity (Wildman–Crippen MR) is 186 cm³/mol. The van der Waals surface area contributed by atoms with Gasteiger partial charge in [0.05, 0.1) is 19.3 Å². The van der Waals surface area contributed by atoms with Crippen LogP contribution in [0.1, 0.15) is 22.8 Å². The van der Waals surface area contributed by atoms with Crippen molar-refractivity contribution in [2.75, 3.05) is 31.7 Å². The van der Waals surface area contributed by atoms with Crippen LogP contribution in [0.2, 0.25) is 0 Å². The summed E-state index contributed by atoms with van der Waals surface area (Å²) in [6.45, 7) is 5.68. The Labute approximate surface area is 304 Å². The minimum Gasteiger partial charge on any atom is -0.394 e. The SMILES string of the molecule is [BH3-][P+](OCC[N+]#[C-])(OC[C@H]1O[C@@H](n2cnc3c(NC(=O)c4ccccc4)ncnc32)[C@@H](F)C1O)OC1[C@@H](CO)O[C@@H](n2cc(F)c3c(=O)[nH]cnc32)[C@H]1F. The number of fused-ring (bicyclic) bond motifs is 2. The van der Waals surface area contributed by atoms with Crippen LogP contribution in [0.5, 0.6) is 0 Å². The molecule has 0 spiro atoms. The molecule has 0 radical (unpaired) electrons. The molecular formula is C31H32BF3N9O9P. The number of aliphatic hydroxyl groups is 2. The van der Waals surface area contributed by atoms with Crippen molar-refractivity contribution in [2.45, 2.75) is 49.2 Å². The number of hydrogen-bond acceptors (Lipinski definition) is 13. The van der Waals surface area contributed by atoms with E-state index in [1.54, 1.807) is 30.3 Å². The number of benzene rings is 1. The Morgan fingerprint density at radius 1 is 1.07 bits per heavy atom. The van der Waals surface area contributed by atoms with E-state index in [2.05, 4.69) is 35.1 Å². The van der Waals surface area contributed by atoms with E-state index in [0.717, 1.165) is 23.4 Å². The fraction of sp³-hybridized carbons (Fsp3) is 0.387. The van der Waals surface area contributed by atoms with Gasteiger partial charge in [-0.1, -0.05) is 18.2 Å². The van der Waals surface area contributed by atoms with Gasteiger partial charge >= 0.3 is 0 Å². The number of rotatable bonds is 13. The van der Waals surface area contributed by atoms with Crippen LogP contribution in [0.15, 0.2) is 60.3 Å². The lowest BCUT2D eigenvalue weighted by Crippen LogP contribution is -2.36. The molecule has 2 saturated heterocycles. The van der Waals surface area contributed by atoms with Gasteiger partial charge in [-0.15, -0.1) is 0 Å². The third-order valence-corrected chi connectivity index (χ3v) is 9.61. The van der Waals surface area contributed by atoms with Crippen LogP contribution in [0.4, 0.5) is 19.0 Å². The highest BCUT2D eigenvalue weighted by molar-refractivity contribution is 7.85. The second-order valence-corrected chi connectivity index (χ2v) is 12.9. The Bertz CT molecular complexity index is 2250. The lowest BCUT2D eigenvalue weighted by molar-refractivity contribution is -0.0543. The first kappa shape index (κ1) is 37.5. The first-order valence-corrected chi connectivity index (χ1v) is 17.0. The van der Waals surface area contributed by atoms with E-state index in [0.29, 0.717) is 5.56 Å². The number of amides is 1. The van der Waals surface area contributed by atoms with Gasteiger partial charge in [-0.25, -0.2) is 53.3 Å². The number of carbonyl (C=O) groups excluding carboxylic acids is 1. The molecule has 1 amide bonds. The average molecular weight is 773 g/mol. The van der Waals surface area contributed by atoms with Crippen LogP contribution in [0.3, 0.4) is 0 Å². The Kier molecular flexibility index (Phi) is 10.7. The van der Waals surface area contributed by atoms with E-state index in [1.165, 1.54) is 10.9 Å². The van der Waals surface area contributed by atoms with Gasteiger partial charge in [0.2, 0.25) is 21.9 Å². The van der Waals surface area contributed by atoms with Crippen molar-refractivity contribution >= 4 is 49.3 Å². The summed E-state index contributed by atoms with van der Waals surface area (Å²) in [5, 5.41) is 23.3. The maximum atomic E-state index is 16.2. The number of anilines is 1. The number of alkyl halides is 2. The number of H-pyrrole nitrogens is 1. The van der Waals surface area contributed by atoms with Crippen LogP contribution in [-0.2, 0) is 23.0 Å². The van der Waals surface area contributed by atoms with Gasteiger partial charge < -0.3 is 34.8 Å². The highest BCUT2D eigenvalue weighted by Crippen LogP contribution is 2.61. The van der Waals surface area contributed by atoms with Crippen LogP contribution in [-0.4, -0.2) is 121 Å². The molecule has 0 saturated carbocycles. The molecule has 4 aromatic heterocycles. The highest BCUT2D eigenvalue weighted by atomic mass is 31.2.